The number of hydrogen-bond acceptors (Lipinski definition) is 4. The largest absolute Gasteiger partial charge is 0.297 e. The van der Waals surface area contributed by atoms with Crippen LogP contribution in [0.2, 0.25) is 0 Å². The lowest BCUT2D eigenvalue weighted by Crippen LogP contribution is -2.02. The summed E-state index contributed by atoms with van der Waals surface area (Å²) in [5.74, 6) is 0.0873. The van der Waals surface area contributed by atoms with Gasteiger partial charge < -0.3 is 0 Å². The second-order valence-electron chi connectivity index (χ2n) is 3.42. The molecule has 16 heavy (non-hydrogen) atoms. The number of ketones is 1. The third kappa shape index (κ3) is 2.28. The molecule has 0 saturated carbocycles. The molecule has 82 valence electrons. The van der Waals surface area contributed by atoms with Gasteiger partial charge in [-0.1, -0.05) is 6.07 Å². The summed E-state index contributed by atoms with van der Waals surface area (Å²) in [5, 5.41) is 1.96. The van der Waals surface area contributed by atoms with E-state index in [2.05, 4.69) is 0 Å². The Labute approximate surface area is 102 Å². The minimum absolute atomic E-state index is 0.0873. The van der Waals surface area contributed by atoms with Crippen molar-refractivity contribution in [1.29, 1.82) is 0 Å². The zero-order valence-corrected chi connectivity index (χ0v) is 10.4. The van der Waals surface area contributed by atoms with Gasteiger partial charge in [0.15, 0.2) is 12.1 Å². The Morgan fingerprint density at radius 1 is 1.50 bits per heavy atom. The summed E-state index contributed by atoms with van der Waals surface area (Å²) in [5.41, 5.74) is 0.681. The van der Waals surface area contributed by atoms with Crippen LogP contribution in [0.4, 0.5) is 0 Å². The summed E-state index contributed by atoms with van der Waals surface area (Å²) in [4.78, 5) is 25.2. The smallest absolute Gasteiger partial charge is 0.169 e. The van der Waals surface area contributed by atoms with Crippen LogP contribution in [-0.2, 0) is 6.42 Å². The Bertz CT molecular complexity index is 509. The maximum Gasteiger partial charge on any atom is 0.169 e. The summed E-state index contributed by atoms with van der Waals surface area (Å²) in [7, 11) is 0. The number of Topliss-reactive ketones (excluding diaryl/α,β-unsaturated/α-hetero) is 1. The number of carbonyl (C=O) groups is 2. The third-order valence-electron chi connectivity index (χ3n) is 2.27. The molecule has 2 nitrogen and oxygen atoms in total. The fourth-order valence-corrected chi connectivity index (χ4v) is 3.07. The topological polar surface area (TPSA) is 34.1 Å². The second-order valence-corrected chi connectivity index (χ2v) is 5.74. The molecule has 0 aliphatic carbocycles. The summed E-state index contributed by atoms with van der Waals surface area (Å²) in [6.45, 7) is 1.87. The highest BCUT2D eigenvalue weighted by Crippen LogP contribution is 2.22. The second kappa shape index (κ2) is 4.72. The Morgan fingerprint density at radius 3 is 2.88 bits per heavy atom. The number of thiophene rings is 2. The number of hydrogen-bond donors (Lipinski definition) is 0. The molecule has 0 bridgehead atoms. The van der Waals surface area contributed by atoms with Crippen molar-refractivity contribution in [1.82, 2.24) is 0 Å². The first-order valence-electron chi connectivity index (χ1n) is 4.82. The standard InChI is InChI=1S/C12H10O2S2/c1-8-11(5-10(7-13)16-8)12(14)6-9-3-2-4-15-9/h2-5,7H,6H2,1H3. The first-order valence-corrected chi connectivity index (χ1v) is 6.51. The summed E-state index contributed by atoms with van der Waals surface area (Å²) < 4.78 is 0. The van der Waals surface area contributed by atoms with Gasteiger partial charge in [-0.2, -0.15) is 0 Å². The van der Waals surface area contributed by atoms with Gasteiger partial charge in [-0.25, -0.2) is 0 Å². The molecule has 0 radical (unpaired) electrons. The zero-order chi connectivity index (χ0) is 11.5. The molecule has 2 rings (SSSR count). The van der Waals surface area contributed by atoms with Crippen molar-refractivity contribution in [2.75, 3.05) is 0 Å². The van der Waals surface area contributed by atoms with E-state index in [-0.39, 0.29) is 5.78 Å². The summed E-state index contributed by atoms with van der Waals surface area (Å²) in [6.07, 6.45) is 1.22. The monoisotopic (exact) mass is 250 g/mol. The quantitative estimate of drug-likeness (QED) is 0.616. The normalized spacial score (nSPS) is 10.3. The molecule has 2 heterocycles. The molecule has 0 aliphatic heterocycles. The lowest BCUT2D eigenvalue weighted by Gasteiger charge is -1.96. The van der Waals surface area contributed by atoms with Crippen molar-refractivity contribution in [3.05, 3.63) is 43.8 Å². The van der Waals surface area contributed by atoms with Crippen molar-refractivity contribution < 1.29 is 9.59 Å². The van der Waals surface area contributed by atoms with Crippen LogP contribution >= 0.6 is 22.7 Å². The number of carbonyl (C=O) groups excluding carboxylic acids is 2. The number of aldehydes is 1. The summed E-state index contributed by atoms with van der Waals surface area (Å²) >= 11 is 2.95. The van der Waals surface area contributed by atoms with Crippen molar-refractivity contribution in [2.45, 2.75) is 13.3 Å². The van der Waals surface area contributed by atoms with Crippen LogP contribution in [0.3, 0.4) is 0 Å². The molecule has 0 saturated heterocycles. The Kier molecular flexibility index (Phi) is 3.31. The van der Waals surface area contributed by atoms with E-state index in [9.17, 15) is 9.59 Å². The van der Waals surface area contributed by atoms with Crippen LogP contribution < -0.4 is 0 Å². The minimum atomic E-state index is 0.0873. The molecule has 0 fully saturated rings. The van der Waals surface area contributed by atoms with E-state index in [0.717, 1.165) is 16.0 Å². The lowest BCUT2D eigenvalue weighted by atomic mass is 10.1. The predicted octanol–water partition coefficient (Wildman–Crippen LogP) is 3.36. The molecular formula is C12H10O2S2. The molecule has 0 N–H and O–H groups in total. The van der Waals surface area contributed by atoms with Gasteiger partial charge in [0.1, 0.15) is 0 Å². The molecule has 0 unspecified atom stereocenters. The van der Waals surface area contributed by atoms with Gasteiger partial charge in [0.2, 0.25) is 0 Å². The van der Waals surface area contributed by atoms with Gasteiger partial charge in [-0.15, -0.1) is 22.7 Å². The molecule has 0 aromatic carbocycles. The number of aryl methyl sites for hydroxylation is 1. The highest BCUT2D eigenvalue weighted by molar-refractivity contribution is 7.14. The van der Waals surface area contributed by atoms with Gasteiger partial charge in [0, 0.05) is 21.7 Å². The van der Waals surface area contributed by atoms with Crippen molar-refractivity contribution in [3.63, 3.8) is 0 Å². The first kappa shape index (κ1) is 11.2. The fourth-order valence-electron chi connectivity index (χ4n) is 1.51. The van der Waals surface area contributed by atoms with Crippen molar-refractivity contribution in [3.8, 4) is 0 Å². The molecular weight excluding hydrogens is 240 g/mol. The van der Waals surface area contributed by atoms with Gasteiger partial charge in [-0.3, -0.25) is 9.59 Å². The zero-order valence-electron chi connectivity index (χ0n) is 8.73. The molecule has 2 aromatic rings. The van der Waals surface area contributed by atoms with E-state index in [1.54, 1.807) is 17.4 Å². The highest BCUT2D eigenvalue weighted by atomic mass is 32.1. The average molecular weight is 250 g/mol. The van der Waals surface area contributed by atoms with Gasteiger partial charge in [-0.05, 0) is 24.4 Å². The Hall–Kier alpha value is -1.26. The van der Waals surface area contributed by atoms with E-state index in [0.29, 0.717) is 16.9 Å². The van der Waals surface area contributed by atoms with Gasteiger partial charge >= 0.3 is 0 Å². The van der Waals surface area contributed by atoms with Crippen LogP contribution in [0.5, 0.6) is 0 Å². The molecule has 0 atom stereocenters. The maximum atomic E-state index is 12.0. The van der Waals surface area contributed by atoms with Crippen LogP contribution in [-0.4, -0.2) is 12.1 Å². The minimum Gasteiger partial charge on any atom is -0.297 e. The van der Waals surface area contributed by atoms with Crippen LogP contribution in [0.15, 0.2) is 23.6 Å². The number of rotatable bonds is 4. The Morgan fingerprint density at radius 2 is 2.31 bits per heavy atom. The average Bonchev–Trinajstić information content (AvgIpc) is 2.87. The predicted molar refractivity (Wildman–Crippen MR) is 66.8 cm³/mol. The van der Waals surface area contributed by atoms with Crippen molar-refractivity contribution >= 4 is 34.7 Å². The van der Waals surface area contributed by atoms with E-state index in [4.69, 9.17) is 0 Å². The van der Waals surface area contributed by atoms with Gasteiger partial charge in [0.25, 0.3) is 0 Å². The molecule has 0 spiro atoms. The van der Waals surface area contributed by atoms with Crippen molar-refractivity contribution in [2.24, 2.45) is 0 Å². The van der Waals surface area contributed by atoms with Gasteiger partial charge in [0.05, 0.1) is 4.88 Å². The lowest BCUT2D eigenvalue weighted by molar-refractivity contribution is 0.0993. The van der Waals surface area contributed by atoms with Crippen LogP contribution in [0.25, 0.3) is 0 Å². The first-order chi connectivity index (χ1) is 7.70. The van der Waals surface area contributed by atoms with Crippen LogP contribution in [0, 0.1) is 6.92 Å². The fraction of sp³-hybridized carbons (Fsp3) is 0.167. The molecule has 0 aliphatic rings. The SMILES string of the molecule is Cc1sc(C=O)cc1C(=O)Cc1cccs1. The van der Waals surface area contributed by atoms with E-state index in [1.165, 1.54) is 11.3 Å². The maximum absolute atomic E-state index is 12.0. The van der Waals surface area contributed by atoms with E-state index >= 15 is 0 Å². The molecule has 0 amide bonds. The summed E-state index contributed by atoms with van der Waals surface area (Å²) in [6, 6.07) is 5.57. The van der Waals surface area contributed by atoms with Crippen LogP contribution in [0.1, 0.15) is 29.8 Å². The van der Waals surface area contributed by atoms with E-state index in [1.807, 2.05) is 24.4 Å². The van der Waals surface area contributed by atoms with E-state index < -0.39 is 0 Å². The molecule has 2 aromatic heterocycles. The molecule has 4 heteroatoms. The highest BCUT2D eigenvalue weighted by Gasteiger charge is 2.13. The Balaban J connectivity index is 2.20. The third-order valence-corrected chi connectivity index (χ3v) is 4.12.